The molecule has 86 valence electrons. The predicted molar refractivity (Wildman–Crippen MR) is 57.4 cm³/mol. The Morgan fingerprint density at radius 1 is 1.33 bits per heavy atom. The quantitative estimate of drug-likeness (QED) is 0.697. The largest absolute Gasteiger partial charge is 0.396 e. The zero-order valence-corrected chi connectivity index (χ0v) is 9.45. The number of hydrogen-bond donors (Lipinski definition) is 2. The molecule has 3 unspecified atom stereocenters. The second kappa shape index (κ2) is 2.96. The molecule has 0 aromatic carbocycles. The Kier molecular flexibility index (Phi) is 1.99. The summed E-state index contributed by atoms with van der Waals surface area (Å²) in [5.74, 6) is 0.924. The Balaban J connectivity index is 1.90. The number of nitrogens with zero attached hydrogens (tertiary/aromatic N) is 1. The topological polar surface area (TPSA) is 43.7 Å². The number of rotatable bonds is 2. The molecule has 0 aromatic heterocycles. The standard InChI is InChI=1S/C12H21NO2/c1-9-6-11(9,8-14)12(15)7-13-4-2-10(12)3-5-13/h9-10,14-15H,2-8H2,1H3. The monoisotopic (exact) mass is 211 g/mol. The van der Waals surface area contributed by atoms with Crippen LogP contribution in [0.2, 0.25) is 0 Å². The van der Waals surface area contributed by atoms with Crippen molar-refractivity contribution >= 4 is 0 Å². The molecule has 3 aliphatic heterocycles. The smallest absolute Gasteiger partial charge is 0.0883 e. The lowest BCUT2D eigenvalue weighted by Crippen LogP contribution is -2.64. The van der Waals surface area contributed by atoms with Gasteiger partial charge in [0, 0.05) is 12.0 Å². The van der Waals surface area contributed by atoms with E-state index in [-0.39, 0.29) is 12.0 Å². The maximum atomic E-state index is 10.9. The molecule has 2 N–H and O–H groups in total. The number of piperidine rings is 3. The van der Waals surface area contributed by atoms with Crippen LogP contribution in [0.15, 0.2) is 0 Å². The molecule has 1 saturated carbocycles. The summed E-state index contributed by atoms with van der Waals surface area (Å²) in [4.78, 5) is 2.36. The molecular formula is C12H21NO2. The lowest BCUT2D eigenvalue weighted by Gasteiger charge is -2.54. The van der Waals surface area contributed by atoms with Gasteiger partial charge in [0.2, 0.25) is 0 Å². The second-order valence-corrected chi connectivity index (χ2v) is 5.89. The van der Waals surface area contributed by atoms with Gasteiger partial charge in [-0.3, -0.25) is 0 Å². The molecule has 3 heteroatoms. The number of aliphatic hydroxyl groups is 2. The third-order valence-corrected chi connectivity index (χ3v) is 5.33. The normalized spacial score (nSPS) is 58.2. The molecule has 0 spiro atoms. The van der Waals surface area contributed by atoms with Gasteiger partial charge in [0.15, 0.2) is 0 Å². The minimum Gasteiger partial charge on any atom is -0.396 e. The van der Waals surface area contributed by atoms with Crippen LogP contribution in [0.4, 0.5) is 0 Å². The Labute approximate surface area is 91.1 Å². The van der Waals surface area contributed by atoms with Crippen LogP contribution in [0, 0.1) is 17.3 Å². The van der Waals surface area contributed by atoms with E-state index in [1.165, 1.54) is 0 Å². The second-order valence-electron chi connectivity index (χ2n) is 5.89. The van der Waals surface area contributed by atoms with Gasteiger partial charge in [0.25, 0.3) is 0 Å². The fourth-order valence-electron chi connectivity index (χ4n) is 4.05. The summed E-state index contributed by atoms with van der Waals surface area (Å²) < 4.78 is 0. The Hall–Kier alpha value is -0.120. The first kappa shape index (κ1) is 10.1. The van der Waals surface area contributed by atoms with Crippen molar-refractivity contribution < 1.29 is 10.2 Å². The lowest BCUT2D eigenvalue weighted by molar-refractivity contribution is -0.169. The van der Waals surface area contributed by atoms with E-state index < -0.39 is 5.60 Å². The molecule has 2 bridgehead atoms. The van der Waals surface area contributed by atoms with E-state index in [1.54, 1.807) is 0 Å². The van der Waals surface area contributed by atoms with Crippen LogP contribution in [0.5, 0.6) is 0 Å². The summed E-state index contributed by atoms with van der Waals surface area (Å²) >= 11 is 0. The van der Waals surface area contributed by atoms with Crippen molar-refractivity contribution in [3.8, 4) is 0 Å². The van der Waals surface area contributed by atoms with Gasteiger partial charge < -0.3 is 15.1 Å². The van der Waals surface area contributed by atoms with Crippen LogP contribution in [0.3, 0.4) is 0 Å². The third-order valence-electron chi connectivity index (χ3n) is 5.33. The van der Waals surface area contributed by atoms with Crippen molar-refractivity contribution in [2.75, 3.05) is 26.2 Å². The first-order valence-electron chi connectivity index (χ1n) is 6.18. The molecule has 3 heterocycles. The highest BCUT2D eigenvalue weighted by Gasteiger charge is 2.68. The van der Waals surface area contributed by atoms with Gasteiger partial charge in [0.1, 0.15) is 0 Å². The van der Waals surface area contributed by atoms with Gasteiger partial charge in [-0.05, 0) is 44.2 Å². The highest BCUT2D eigenvalue weighted by atomic mass is 16.3. The van der Waals surface area contributed by atoms with Crippen molar-refractivity contribution in [3.05, 3.63) is 0 Å². The molecule has 3 atom stereocenters. The summed E-state index contributed by atoms with van der Waals surface area (Å²) in [5, 5.41) is 20.5. The molecule has 0 radical (unpaired) electrons. The third kappa shape index (κ3) is 1.12. The molecule has 15 heavy (non-hydrogen) atoms. The maximum absolute atomic E-state index is 10.9. The maximum Gasteiger partial charge on any atom is 0.0883 e. The summed E-state index contributed by atoms with van der Waals surface area (Å²) in [5.41, 5.74) is -0.769. The van der Waals surface area contributed by atoms with Gasteiger partial charge in [0.05, 0.1) is 12.2 Å². The zero-order chi connectivity index (χ0) is 10.7. The van der Waals surface area contributed by atoms with Crippen LogP contribution >= 0.6 is 0 Å². The van der Waals surface area contributed by atoms with Gasteiger partial charge in [-0.1, -0.05) is 6.92 Å². The Morgan fingerprint density at radius 2 is 1.93 bits per heavy atom. The number of fused-ring (bicyclic) bond motifs is 3. The molecule has 0 amide bonds. The van der Waals surface area contributed by atoms with Crippen molar-refractivity contribution in [3.63, 3.8) is 0 Å². The molecule has 4 rings (SSSR count). The SMILES string of the molecule is CC1CC1(CO)C1(O)CN2CCC1CC2. The van der Waals surface area contributed by atoms with Gasteiger partial charge in [-0.25, -0.2) is 0 Å². The Bertz CT molecular complexity index is 271. The average Bonchev–Trinajstić information content (AvgIpc) is 2.93. The average molecular weight is 211 g/mol. The van der Waals surface area contributed by atoms with Crippen LogP contribution in [-0.4, -0.2) is 47.0 Å². The molecular weight excluding hydrogens is 190 g/mol. The fourth-order valence-corrected chi connectivity index (χ4v) is 4.05. The minimum atomic E-state index is -0.600. The zero-order valence-electron chi connectivity index (χ0n) is 9.45. The molecule has 3 saturated heterocycles. The van der Waals surface area contributed by atoms with E-state index in [2.05, 4.69) is 11.8 Å². The van der Waals surface area contributed by atoms with E-state index in [4.69, 9.17) is 0 Å². The van der Waals surface area contributed by atoms with Crippen LogP contribution < -0.4 is 0 Å². The lowest BCUT2D eigenvalue weighted by atomic mass is 9.66. The van der Waals surface area contributed by atoms with Gasteiger partial charge >= 0.3 is 0 Å². The summed E-state index contributed by atoms with van der Waals surface area (Å²) in [6.07, 6.45) is 3.24. The molecule has 1 aliphatic carbocycles. The summed E-state index contributed by atoms with van der Waals surface area (Å²) in [6.45, 7) is 5.40. The van der Waals surface area contributed by atoms with E-state index in [9.17, 15) is 10.2 Å². The molecule has 0 aromatic rings. The van der Waals surface area contributed by atoms with E-state index in [0.717, 1.165) is 38.9 Å². The van der Waals surface area contributed by atoms with Crippen LogP contribution in [-0.2, 0) is 0 Å². The van der Waals surface area contributed by atoms with Crippen molar-refractivity contribution in [1.82, 2.24) is 4.90 Å². The van der Waals surface area contributed by atoms with Gasteiger partial charge in [-0.15, -0.1) is 0 Å². The highest BCUT2D eigenvalue weighted by molar-refractivity contribution is 5.18. The molecule has 4 aliphatic rings. The van der Waals surface area contributed by atoms with E-state index in [0.29, 0.717) is 11.8 Å². The Morgan fingerprint density at radius 3 is 2.27 bits per heavy atom. The first-order valence-corrected chi connectivity index (χ1v) is 6.18. The van der Waals surface area contributed by atoms with Crippen molar-refractivity contribution in [2.45, 2.75) is 31.8 Å². The van der Waals surface area contributed by atoms with E-state index in [1.807, 2.05) is 0 Å². The number of aliphatic hydroxyl groups excluding tert-OH is 1. The minimum absolute atomic E-state index is 0.162. The summed E-state index contributed by atoms with van der Waals surface area (Å²) in [6, 6.07) is 0. The predicted octanol–water partition coefficient (Wildman–Crippen LogP) is 0.462. The van der Waals surface area contributed by atoms with Crippen molar-refractivity contribution in [1.29, 1.82) is 0 Å². The fraction of sp³-hybridized carbons (Fsp3) is 1.00. The molecule has 3 nitrogen and oxygen atoms in total. The number of hydrogen-bond acceptors (Lipinski definition) is 3. The molecule has 4 fully saturated rings. The van der Waals surface area contributed by atoms with Gasteiger partial charge in [-0.2, -0.15) is 0 Å². The van der Waals surface area contributed by atoms with E-state index >= 15 is 0 Å². The summed E-state index contributed by atoms with van der Waals surface area (Å²) in [7, 11) is 0. The first-order chi connectivity index (χ1) is 7.12. The van der Waals surface area contributed by atoms with Crippen LogP contribution in [0.25, 0.3) is 0 Å². The highest BCUT2D eigenvalue weighted by Crippen LogP contribution is 2.63. The van der Waals surface area contributed by atoms with Crippen LogP contribution in [0.1, 0.15) is 26.2 Å². The van der Waals surface area contributed by atoms with Crippen molar-refractivity contribution in [2.24, 2.45) is 17.3 Å².